The Bertz CT molecular complexity index is 916. The molecule has 0 spiro atoms. The molecule has 0 radical (unpaired) electrons. The van der Waals surface area contributed by atoms with Gasteiger partial charge in [-0.15, -0.1) is 0 Å². The molecule has 0 saturated carbocycles. The van der Waals surface area contributed by atoms with Gasteiger partial charge in [0.05, 0.1) is 32.1 Å². The number of unbranched alkanes of at least 4 members (excludes halogenated alkanes) is 18. The molecule has 0 rings (SSSR count). The number of nitrogens with one attached hydrogen (secondary N) is 1. The van der Waals surface area contributed by atoms with Crippen LogP contribution in [0, 0.1) is 5.92 Å². The first kappa shape index (κ1) is 48.9. The van der Waals surface area contributed by atoms with Crippen LogP contribution in [0.1, 0.15) is 175 Å². The highest BCUT2D eigenvalue weighted by atomic mass is 32.2. The van der Waals surface area contributed by atoms with Gasteiger partial charge in [0.2, 0.25) is 5.91 Å². The van der Waals surface area contributed by atoms with Crippen LogP contribution in [-0.2, 0) is 38.2 Å². The lowest BCUT2D eigenvalue weighted by Gasteiger charge is -2.19. The van der Waals surface area contributed by atoms with Crippen LogP contribution >= 0.6 is 11.8 Å². The lowest BCUT2D eigenvalue weighted by Crippen LogP contribution is -2.43. The molecule has 1 amide bonds. The molecule has 0 aliphatic heterocycles. The molecule has 51 heavy (non-hydrogen) atoms. The fourth-order valence-corrected chi connectivity index (χ4v) is 6.83. The van der Waals surface area contributed by atoms with E-state index in [9.17, 15) is 29.1 Å². The van der Waals surface area contributed by atoms with Gasteiger partial charge in [0.1, 0.15) is 12.7 Å². The number of ketones is 1. The van der Waals surface area contributed by atoms with Crippen molar-refractivity contribution in [3.05, 3.63) is 0 Å². The van der Waals surface area contributed by atoms with Crippen molar-refractivity contribution in [2.24, 2.45) is 5.92 Å². The van der Waals surface area contributed by atoms with Crippen molar-refractivity contribution in [2.75, 3.05) is 31.8 Å². The molecule has 0 aliphatic carbocycles. The number of thioether (sulfide) groups is 1. The third kappa shape index (κ3) is 30.1. The number of hydrogen-bond donors (Lipinski definition) is 2. The zero-order chi connectivity index (χ0) is 38.0. The largest absolute Gasteiger partial charge is 0.469 e. The lowest BCUT2D eigenvalue weighted by atomic mass is 10.00. The van der Waals surface area contributed by atoms with Gasteiger partial charge in [-0.2, -0.15) is 11.8 Å². The summed E-state index contributed by atoms with van der Waals surface area (Å²) in [6.45, 7) is 5.32. The maximum absolute atomic E-state index is 12.8. The summed E-state index contributed by atoms with van der Waals surface area (Å²) in [5.74, 6) is -2.56. The number of aliphatic hydroxyl groups excluding tert-OH is 1. The zero-order valence-corrected chi connectivity index (χ0v) is 33.5. The molecule has 0 saturated heterocycles. The number of amides is 1. The molecular weight excluding hydrogens is 671 g/mol. The molecule has 11 heteroatoms. The van der Waals surface area contributed by atoms with Crippen LogP contribution < -0.4 is 5.32 Å². The number of hydrogen-bond acceptors (Lipinski definition) is 10. The molecule has 10 nitrogen and oxygen atoms in total. The standard InChI is InChI=1S/C40H73NO9S/c1-5-7-9-11-13-15-16-18-20-22-24-26-38(45)50-35(25-23-21-19-17-14-12-10-8-6-2)30-39(46)49-27-28-51-32-36(41-33(3)43)37(44)29-34(31-42)40(47)48-4/h34-36,42H,5-32H2,1-4H3,(H,41,43)/t34-,35+,36-/m0/s1. The summed E-state index contributed by atoms with van der Waals surface area (Å²) in [6.07, 6.45) is 24.2. The Labute approximate surface area is 314 Å². The molecule has 0 aromatic rings. The second-order valence-electron chi connectivity index (χ2n) is 13.8. The van der Waals surface area contributed by atoms with Gasteiger partial charge in [-0.05, 0) is 19.3 Å². The Morgan fingerprint density at radius 2 is 1.20 bits per heavy atom. The van der Waals surface area contributed by atoms with Crippen molar-refractivity contribution in [2.45, 2.75) is 187 Å². The van der Waals surface area contributed by atoms with Crippen molar-refractivity contribution >= 4 is 41.4 Å². The number of aliphatic hydroxyl groups is 1. The number of Topliss-reactive ketones (excluding diaryl/α,β-unsaturated/α-hetero) is 1. The van der Waals surface area contributed by atoms with Crippen LogP contribution in [0.2, 0.25) is 0 Å². The zero-order valence-electron chi connectivity index (χ0n) is 32.7. The Morgan fingerprint density at radius 3 is 1.69 bits per heavy atom. The number of methoxy groups -OCH3 is 1. The highest BCUT2D eigenvalue weighted by molar-refractivity contribution is 7.99. The van der Waals surface area contributed by atoms with E-state index in [-0.39, 0.29) is 31.2 Å². The molecule has 0 heterocycles. The minimum absolute atomic E-state index is 0.00869. The summed E-state index contributed by atoms with van der Waals surface area (Å²) in [4.78, 5) is 61.7. The number of rotatable bonds is 36. The molecule has 0 fully saturated rings. The summed E-state index contributed by atoms with van der Waals surface area (Å²) in [7, 11) is 1.18. The van der Waals surface area contributed by atoms with Gasteiger partial charge in [0.15, 0.2) is 5.78 Å². The SMILES string of the molecule is CCCCCCCCCCCCCC(=O)O[C@H](CCCCCCCCCCC)CC(=O)OCCSC[C@H](NC(C)=O)C(=O)C[C@@H](CO)C(=O)OC. The van der Waals surface area contributed by atoms with E-state index in [2.05, 4.69) is 23.9 Å². The van der Waals surface area contributed by atoms with E-state index in [1.807, 2.05) is 0 Å². The van der Waals surface area contributed by atoms with E-state index in [0.717, 1.165) is 38.5 Å². The average Bonchev–Trinajstić information content (AvgIpc) is 3.10. The van der Waals surface area contributed by atoms with Gasteiger partial charge in [-0.1, -0.05) is 129 Å². The van der Waals surface area contributed by atoms with Crippen LogP contribution in [0.15, 0.2) is 0 Å². The van der Waals surface area contributed by atoms with Crippen molar-refractivity contribution in [1.82, 2.24) is 5.32 Å². The second kappa shape index (κ2) is 34.9. The first-order valence-corrected chi connectivity index (χ1v) is 21.2. The minimum atomic E-state index is -0.998. The first-order chi connectivity index (χ1) is 24.7. The molecule has 0 bridgehead atoms. The van der Waals surface area contributed by atoms with Crippen molar-refractivity contribution in [3.8, 4) is 0 Å². The lowest BCUT2D eigenvalue weighted by molar-refractivity contribution is -0.155. The maximum atomic E-state index is 12.8. The Balaban J connectivity index is 4.69. The van der Waals surface area contributed by atoms with Crippen LogP contribution in [-0.4, -0.2) is 78.7 Å². The van der Waals surface area contributed by atoms with Crippen LogP contribution in [0.5, 0.6) is 0 Å². The summed E-state index contributed by atoms with van der Waals surface area (Å²) in [6, 6.07) is -0.859. The maximum Gasteiger partial charge on any atom is 0.311 e. The van der Waals surface area contributed by atoms with E-state index in [1.165, 1.54) is 116 Å². The third-order valence-corrected chi connectivity index (χ3v) is 10.1. The van der Waals surface area contributed by atoms with E-state index >= 15 is 0 Å². The Kier molecular flexibility index (Phi) is 33.5. The molecule has 3 atom stereocenters. The van der Waals surface area contributed by atoms with Crippen LogP contribution in [0.25, 0.3) is 0 Å². The van der Waals surface area contributed by atoms with E-state index in [4.69, 9.17) is 9.47 Å². The summed E-state index contributed by atoms with van der Waals surface area (Å²) in [5.41, 5.74) is 0. The molecule has 0 unspecified atom stereocenters. The van der Waals surface area contributed by atoms with Gasteiger partial charge < -0.3 is 24.6 Å². The second-order valence-corrected chi connectivity index (χ2v) is 15.0. The number of carbonyl (C=O) groups excluding carboxylic acids is 5. The molecular formula is C40H73NO9S. The van der Waals surface area contributed by atoms with Gasteiger partial charge in [-0.3, -0.25) is 24.0 Å². The topological polar surface area (TPSA) is 145 Å². The van der Waals surface area contributed by atoms with Gasteiger partial charge >= 0.3 is 17.9 Å². The highest BCUT2D eigenvalue weighted by Gasteiger charge is 2.27. The predicted molar refractivity (Wildman–Crippen MR) is 206 cm³/mol. The third-order valence-electron chi connectivity index (χ3n) is 9.05. The highest BCUT2D eigenvalue weighted by Crippen LogP contribution is 2.18. The molecule has 0 aliphatic rings. The fraction of sp³-hybridized carbons (Fsp3) is 0.875. The Hall–Kier alpha value is -2.14. The van der Waals surface area contributed by atoms with Crippen LogP contribution in [0.3, 0.4) is 0 Å². The number of carbonyl (C=O) groups is 5. The Morgan fingerprint density at radius 1 is 0.686 bits per heavy atom. The van der Waals surface area contributed by atoms with Crippen molar-refractivity contribution < 1.29 is 43.3 Å². The molecule has 0 aromatic carbocycles. The van der Waals surface area contributed by atoms with Crippen LogP contribution in [0.4, 0.5) is 0 Å². The predicted octanol–water partition coefficient (Wildman–Crippen LogP) is 8.43. The first-order valence-electron chi connectivity index (χ1n) is 20.1. The van der Waals surface area contributed by atoms with Gasteiger partial charge in [0.25, 0.3) is 0 Å². The average molecular weight is 744 g/mol. The summed E-state index contributed by atoms with van der Waals surface area (Å²) in [5, 5.41) is 12.0. The quantitative estimate of drug-likeness (QED) is 0.0364. The summed E-state index contributed by atoms with van der Waals surface area (Å²) < 4.78 is 15.9. The van der Waals surface area contributed by atoms with E-state index in [0.29, 0.717) is 18.6 Å². The van der Waals surface area contributed by atoms with E-state index in [1.54, 1.807) is 0 Å². The van der Waals surface area contributed by atoms with Gasteiger partial charge in [0, 0.05) is 31.3 Å². The van der Waals surface area contributed by atoms with Crippen molar-refractivity contribution in [3.63, 3.8) is 0 Å². The monoisotopic (exact) mass is 744 g/mol. The van der Waals surface area contributed by atoms with E-state index < -0.39 is 48.3 Å². The number of ether oxygens (including phenoxy) is 3. The fourth-order valence-electron chi connectivity index (χ4n) is 5.96. The number of esters is 3. The van der Waals surface area contributed by atoms with Crippen molar-refractivity contribution in [1.29, 1.82) is 0 Å². The molecule has 2 N–H and O–H groups in total. The molecule has 0 aromatic heterocycles. The normalized spacial score (nSPS) is 12.9. The smallest absolute Gasteiger partial charge is 0.311 e. The molecule has 298 valence electrons. The summed E-state index contributed by atoms with van der Waals surface area (Å²) >= 11 is 1.32. The van der Waals surface area contributed by atoms with Gasteiger partial charge in [-0.25, -0.2) is 0 Å². The minimum Gasteiger partial charge on any atom is -0.469 e.